The molecule has 1 N–H and O–H groups in total. The van der Waals surface area contributed by atoms with E-state index in [2.05, 4.69) is 24.1 Å². The summed E-state index contributed by atoms with van der Waals surface area (Å²) in [6.07, 6.45) is 22.8. The van der Waals surface area contributed by atoms with Crippen molar-refractivity contribution in [2.45, 2.75) is 110 Å². The first-order valence-electron chi connectivity index (χ1n) is 10.9. The fourth-order valence-electron chi connectivity index (χ4n) is 3.49. The number of unbranched alkanes of at least 4 members (excludes halogenated alkanes) is 11. The van der Waals surface area contributed by atoms with Crippen LogP contribution < -0.4 is 0 Å². The molecular weight excluding hydrogens is 308 g/mol. The van der Waals surface area contributed by atoms with Crippen LogP contribution in [-0.4, -0.2) is 35.2 Å². The van der Waals surface area contributed by atoms with Crippen molar-refractivity contribution in [3.05, 3.63) is 12.2 Å². The number of aliphatic hydroxyl groups is 1. The van der Waals surface area contributed by atoms with Crippen LogP contribution in [0.1, 0.15) is 104 Å². The van der Waals surface area contributed by atoms with Crippen LogP contribution in [0.3, 0.4) is 0 Å². The Bertz CT molecular complexity index is 363. The van der Waals surface area contributed by atoms with E-state index in [-0.39, 0.29) is 6.23 Å². The molecular formula is C22H42N2O. The molecule has 0 saturated heterocycles. The minimum absolute atomic E-state index is 0.386. The molecule has 3 nitrogen and oxygen atoms in total. The third-order valence-electron chi connectivity index (χ3n) is 5.08. The lowest BCUT2D eigenvalue weighted by Gasteiger charge is -2.23. The van der Waals surface area contributed by atoms with Gasteiger partial charge >= 0.3 is 0 Å². The van der Waals surface area contributed by atoms with Crippen molar-refractivity contribution in [1.82, 2.24) is 4.90 Å². The van der Waals surface area contributed by atoms with E-state index in [1.807, 2.05) is 11.8 Å². The second-order valence-electron chi connectivity index (χ2n) is 7.46. The molecule has 1 aliphatic rings. The first-order valence-corrected chi connectivity index (χ1v) is 10.9. The van der Waals surface area contributed by atoms with Crippen LogP contribution in [-0.2, 0) is 0 Å². The molecule has 0 spiro atoms. The summed E-state index contributed by atoms with van der Waals surface area (Å²) in [5, 5.41) is 9.69. The Morgan fingerprint density at radius 3 is 2.08 bits per heavy atom. The second-order valence-corrected chi connectivity index (χ2v) is 7.46. The highest BCUT2D eigenvalue weighted by Gasteiger charge is 2.19. The van der Waals surface area contributed by atoms with Crippen LogP contribution in [0.15, 0.2) is 17.1 Å². The molecule has 0 bridgehead atoms. The third-order valence-corrected chi connectivity index (χ3v) is 5.08. The summed E-state index contributed by atoms with van der Waals surface area (Å²) in [6.45, 7) is 5.85. The number of aliphatic hydroxyl groups excluding tert-OH is 1. The highest BCUT2D eigenvalue weighted by molar-refractivity contribution is 5.83. The number of amidine groups is 1. The number of rotatable bonds is 16. The minimum Gasteiger partial charge on any atom is -0.374 e. The molecule has 1 rings (SSSR count). The van der Waals surface area contributed by atoms with Crippen molar-refractivity contribution in [3.63, 3.8) is 0 Å². The van der Waals surface area contributed by atoms with Gasteiger partial charge in [0.05, 0.1) is 6.54 Å². The number of nitrogens with zero attached hydrogens (tertiary/aromatic N) is 2. The number of hydrogen-bond acceptors (Lipinski definition) is 3. The Kier molecular flexibility index (Phi) is 13.7. The van der Waals surface area contributed by atoms with E-state index in [0.717, 1.165) is 25.3 Å². The van der Waals surface area contributed by atoms with Gasteiger partial charge in [0, 0.05) is 13.0 Å². The van der Waals surface area contributed by atoms with Crippen molar-refractivity contribution in [1.29, 1.82) is 0 Å². The number of hydrogen-bond donors (Lipinski definition) is 1. The molecule has 1 heterocycles. The van der Waals surface area contributed by atoms with Gasteiger partial charge in [-0.3, -0.25) is 4.99 Å². The summed E-state index contributed by atoms with van der Waals surface area (Å²) in [6, 6.07) is 0. The molecule has 1 atom stereocenters. The SMILES string of the molecule is CCCCCCCCC/C=C/CCCCCCC1=NCCN1C(C)O. The van der Waals surface area contributed by atoms with Crippen LogP contribution in [0.4, 0.5) is 0 Å². The number of aliphatic imine (C=N–C) groups is 1. The molecule has 1 unspecified atom stereocenters. The summed E-state index contributed by atoms with van der Waals surface area (Å²) in [7, 11) is 0. The maximum absolute atomic E-state index is 9.69. The average molecular weight is 351 g/mol. The number of allylic oxidation sites excluding steroid dienone is 2. The summed E-state index contributed by atoms with van der Waals surface area (Å²) in [4.78, 5) is 6.55. The zero-order chi connectivity index (χ0) is 18.2. The normalized spacial score (nSPS) is 16.0. The largest absolute Gasteiger partial charge is 0.374 e. The third kappa shape index (κ3) is 11.4. The highest BCUT2D eigenvalue weighted by atomic mass is 16.3. The lowest BCUT2D eigenvalue weighted by molar-refractivity contribution is 0.0766. The minimum atomic E-state index is -0.386. The summed E-state index contributed by atoms with van der Waals surface area (Å²) >= 11 is 0. The van der Waals surface area contributed by atoms with Crippen molar-refractivity contribution >= 4 is 5.84 Å². The first kappa shape index (κ1) is 22.2. The Balaban J connectivity index is 1.84. The van der Waals surface area contributed by atoms with Gasteiger partial charge in [-0.25, -0.2) is 0 Å². The van der Waals surface area contributed by atoms with Gasteiger partial charge in [0.1, 0.15) is 12.1 Å². The van der Waals surface area contributed by atoms with Crippen molar-refractivity contribution < 1.29 is 5.11 Å². The maximum Gasteiger partial charge on any atom is 0.125 e. The molecule has 146 valence electrons. The fraction of sp³-hybridized carbons (Fsp3) is 0.864. The Hall–Kier alpha value is -0.830. The van der Waals surface area contributed by atoms with Crippen LogP contribution in [0.5, 0.6) is 0 Å². The van der Waals surface area contributed by atoms with E-state index in [9.17, 15) is 5.11 Å². The van der Waals surface area contributed by atoms with Gasteiger partial charge in [0.2, 0.25) is 0 Å². The quantitative estimate of drug-likeness (QED) is 0.270. The van der Waals surface area contributed by atoms with Gasteiger partial charge in [0.15, 0.2) is 0 Å². The second kappa shape index (κ2) is 15.4. The monoisotopic (exact) mass is 350 g/mol. The van der Waals surface area contributed by atoms with E-state index < -0.39 is 0 Å². The Morgan fingerprint density at radius 2 is 1.48 bits per heavy atom. The molecule has 25 heavy (non-hydrogen) atoms. The van der Waals surface area contributed by atoms with Crippen LogP contribution in [0.25, 0.3) is 0 Å². The lowest BCUT2D eigenvalue weighted by Crippen LogP contribution is -2.35. The van der Waals surface area contributed by atoms with Gasteiger partial charge in [0.25, 0.3) is 0 Å². The van der Waals surface area contributed by atoms with Crippen molar-refractivity contribution in [3.8, 4) is 0 Å². The molecule has 3 heteroatoms. The van der Waals surface area contributed by atoms with Crippen LogP contribution in [0.2, 0.25) is 0 Å². The Morgan fingerprint density at radius 1 is 0.920 bits per heavy atom. The molecule has 1 aliphatic heterocycles. The topological polar surface area (TPSA) is 35.8 Å². The lowest BCUT2D eigenvalue weighted by atomic mass is 10.1. The standard InChI is InChI=1S/C22H42N2O/c1-3-4-5-6-7-8-9-10-11-12-13-14-15-16-17-18-22-23-19-20-24(22)21(2)25/h11-12,21,25H,3-10,13-20H2,1-2H3/b12-11+. The van der Waals surface area contributed by atoms with Gasteiger partial charge in [-0.2, -0.15) is 0 Å². The summed E-state index contributed by atoms with van der Waals surface area (Å²) in [5.74, 6) is 1.12. The van der Waals surface area contributed by atoms with E-state index in [1.54, 1.807) is 0 Å². The Labute approximate surface area is 156 Å². The smallest absolute Gasteiger partial charge is 0.125 e. The van der Waals surface area contributed by atoms with Gasteiger partial charge in [-0.1, -0.05) is 70.4 Å². The average Bonchev–Trinajstić information content (AvgIpc) is 3.07. The molecule has 0 radical (unpaired) electrons. The highest BCUT2D eigenvalue weighted by Crippen LogP contribution is 2.13. The maximum atomic E-state index is 9.69. The molecule has 0 amide bonds. The molecule has 0 saturated carbocycles. The van der Waals surface area contributed by atoms with Crippen molar-refractivity contribution in [2.24, 2.45) is 4.99 Å². The van der Waals surface area contributed by atoms with Gasteiger partial charge < -0.3 is 10.0 Å². The van der Waals surface area contributed by atoms with Crippen molar-refractivity contribution in [2.75, 3.05) is 13.1 Å². The van der Waals surface area contributed by atoms with Crippen LogP contribution in [0, 0.1) is 0 Å². The van der Waals surface area contributed by atoms with E-state index in [4.69, 9.17) is 0 Å². The molecule has 0 aromatic rings. The zero-order valence-electron chi connectivity index (χ0n) is 16.9. The predicted octanol–water partition coefficient (Wildman–Crippen LogP) is 6.08. The molecule has 0 fully saturated rings. The summed E-state index contributed by atoms with van der Waals surface area (Å²) in [5.41, 5.74) is 0. The van der Waals surface area contributed by atoms with E-state index in [1.165, 1.54) is 83.5 Å². The molecule has 0 aromatic carbocycles. The van der Waals surface area contributed by atoms with Crippen LogP contribution >= 0.6 is 0 Å². The zero-order valence-corrected chi connectivity index (χ0v) is 16.9. The summed E-state index contributed by atoms with van der Waals surface area (Å²) < 4.78 is 0. The molecule has 0 aromatic heterocycles. The van der Waals surface area contributed by atoms with Gasteiger partial charge in [-0.15, -0.1) is 0 Å². The fourth-order valence-corrected chi connectivity index (χ4v) is 3.49. The molecule has 0 aliphatic carbocycles. The van der Waals surface area contributed by atoms with E-state index in [0.29, 0.717) is 0 Å². The van der Waals surface area contributed by atoms with E-state index >= 15 is 0 Å². The van der Waals surface area contributed by atoms with Gasteiger partial charge in [-0.05, 0) is 39.0 Å². The first-order chi connectivity index (χ1) is 12.3. The predicted molar refractivity (Wildman–Crippen MR) is 110 cm³/mol.